The standard InChI is InChI=1S/C17H20ClNO/c1-12-6-4-7-14(10-12)13(2)19-11-15-16(18)8-5-9-17(15)20-3/h4-10,13,19H,11H2,1-3H3/t13-/m1/s1. The summed E-state index contributed by atoms with van der Waals surface area (Å²) in [4.78, 5) is 0. The van der Waals surface area contributed by atoms with E-state index in [1.54, 1.807) is 7.11 Å². The van der Waals surface area contributed by atoms with Gasteiger partial charge in [-0.2, -0.15) is 0 Å². The monoisotopic (exact) mass is 289 g/mol. The van der Waals surface area contributed by atoms with Crippen LogP contribution in [0.2, 0.25) is 5.02 Å². The zero-order valence-corrected chi connectivity index (χ0v) is 12.9. The predicted molar refractivity (Wildman–Crippen MR) is 84.4 cm³/mol. The summed E-state index contributed by atoms with van der Waals surface area (Å²) >= 11 is 6.24. The van der Waals surface area contributed by atoms with Crippen molar-refractivity contribution in [2.75, 3.05) is 7.11 Å². The van der Waals surface area contributed by atoms with Crippen molar-refractivity contribution in [3.05, 3.63) is 64.2 Å². The Bertz CT molecular complexity index is 583. The Labute approximate surface area is 125 Å². The molecular formula is C17H20ClNO. The third-order valence-corrected chi connectivity index (χ3v) is 3.78. The van der Waals surface area contributed by atoms with E-state index in [-0.39, 0.29) is 6.04 Å². The van der Waals surface area contributed by atoms with Gasteiger partial charge in [0.2, 0.25) is 0 Å². The normalized spacial score (nSPS) is 12.2. The topological polar surface area (TPSA) is 21.3 Å². The van der Waals surface area contributed by atoms with Gasteiger partial charge in [-0.3, -0.25) is 0 Å². The van der Waals surface area contributed by atoms with Crippen molar-refractivity contribution in [3.63, 3.8) is 0 Å². The van der Waals surface area contributed by atoms with Gasteiger partial charge in [0, 0.05) is 23.2 Å². The molecule has 0 bridgehead atoms. The summed E-state index contributed by atoms with van der Waals surface area (Å²) in [6, 6.07) is 14.5. The lowest BCUT2D eigenvalue weighted by Crippen LogP contribution is -2.18. The van der Waals surface area contributed by atoms with E-state index in [0.29, 0.717) is 6.54 Å². The van der Waals surface area contributed by atoms with Gasteiger partial charge in [0.15, 0.2) is 0 Å². The first-order valence-corrected chi connectivity index (χ1v) is 7.11. The molecule has 0 radical (unpaired) electrons. The Kier molecular flexibility index (Phi) is 5.05. The fourth-order valence-electron chi connectivity index (χ4n) is 2.21. The molecule has 0 heterocycles. The van der Waals surface area contributed by atoms with E-state index in [1.165, 1.54) is 11.1 Å². The lowest BCUT2D eigenvalue weighted by atomic mass is 10.1. The summed E-state index contributed by atoms with van der Waals surface area (Å²) < 4.78 is 5.36. The second-order valence-electron chi connectivity index (χ2n) is 4.94. The first kappa shape index (κ1) is 14.9. The second-order valence-corrected chi connectivity index (χ2v) is 5.34. The van der Waals surface area contributed by atoms with Crippen LogP contribution in [0.4, 0.5) is 0 Å². The van der Waals surface area contributed by atoms with Crippen molar-refractivity contribution in [1.82, 2.24) is 5.32 Å². The highest BCUT2D eigenvalue weighted by atomic mass is 35.5. The van der Waals surface area contributed by atoms with E-state index in [2.05, 4.69) is 43.4 Å². The predicted octanol–water partition coefficient (Wildman–Crippen LogP) is 4.51. The third kappa shape index (κ3) is 3.53. The van der Waals surface area contributed by atoms with Gasteiger partial charge < -0.3 is 10.1 Å². The van der Waals surface area contributed by atoms with Crippen LogP contribution in [0.1, 0.15) is 29.7 Å². The molecule has 1 atom stereocenters. The molecule has 0 aliphatic rings. The van der Waals surface area contributed by atoms with E-state index in [0.717, 1.165) is 16.3 Å². The van der Waals surface area contributed by atoms with Gasteiger partial charge in [0.05, 0.1) is 7.11 Å². The number of benzene rings is 2. The SMILES string of the molecule is COc1cccc(Cl)c1CN[C@H](C)c1cccc(C)c1. The molecule has 1 N–H and O–H groups in total. The van der Waals surface area contributed by atoms with Gasteiger partial charge in [0.1, 0.15) is 5.75 Å². The smallest absolute Gasteiger partial charge is 0.124 e. The molecule has 0 aliphatic carbocycles. The number of aryl methyl sites for hydroxylation is 1. The van der Waals surface area contributed by atoms with Crippen LogP contribution in [0.3, 0.4) is 0 Å². The van der Waals surface area contributed by atoms with E-state index >= 15 is 0 Å². The molecule has 0 aliphatic heterocycles. The first-order chi connectivity index (χ1) is 9.61. The Hall–Kier alpha value is -1.51. The molecule has 0 spiro atoms. The van der Waals surface area contributed by atoms with Crippen molar-refractivity contribution in [1.29, 1.82) is 0 Å². The van der Waals surface area contributed by atoms with Crippen LogP contribution in [-0.2, 0) is 6.54 Å². The quantitative estimate of drug-likeness (QED) is 0.874. The average molecular weight is 290 g/mol. The number of ether oxygens (including phenoxy) is 1. The van der Waals surface area contributed by atoms with Gasteiger partial charge in [0.25, 0.3) is 0 Å². The molecule has 20 heavy (non-hydrogen) atoms. The van der Waals surface area contributed by atoms with E-state index in [4.69, 9.17) is 16.3 Å². The molecule has 2 aromatic carbocycles. The van der Waals surface area contributed by atoms with Gasteiger partial charge in [-0.05, 0) is 31.5 Å². The summed E-state index contributed by atoms with van der Waals surface area (Å²) in [6.07, 6.45) is 0. The Morgan fingerprint density at radius 2 is 1.95 bits per heavy atom. The summed E-state index contributed by atoms with van der Waals surface area (Å²) in [5.41, 5.74) is 3.54. The largest absolute Gasteiger partial charge is 0.496 e. The van der Waals surface area contributed by atoms with Gasteiger partial charge in [-0.25, -0.2) is 0 Å². The van der Waals surface area contributed by atoms with Crippen LogP contribution in [0, 0.1) is 6.92 Å². The fraction of sp³-hybridized carbons (Fsp3) is 0.294. The maximum atomic E-state index is 6.24. The molecule has 2 aromatic rings. The summed E-state index contributed by atoms with van der Waals surface area (Å²) in [7, 11) is 1.67. The maximum Gasteiger partial charge on any atom is 0.124 e. The highest BCUT2D eigenvalue weighted by Crippen LogP contribution is 2.26. The van der Waals surface area contributed by atoms with Crippen LogP contribution >= 0.6 is 11.6 Å². The van der Waals surface area contributed by atoms with Crippen molar-refractivity contribution >= 4 is 11.6 Å². The van der Waals surface area contributed by atoms with Crippen LogP contribution in [0.5, 0.6) is 5.75 Å². The minimum Gasteiger partial charge on any atom is -0.496 e. The molecule has 0 aromatic heterocycles. The summed E-state index contributed by atoms with van der Waals surface area (Å²) in [6.45, 7) is 4.93. The van der Waals surface area contributed by atoms with Crippen LogP contribution in [-0.4, -0.2) is 7.11 Å². The molecule has 2 nitrogen and oxygen atoms in total. The number of halogens is 1. The first-order valence-electron chi connectivity index (χ1n) is 6.73. The van der Waals surface area contributed by atoms with Gasteiger partial charge in [-0.15, -0.1) is 0 Å². The number of rotatable bonds is 5. The summed E-state index contributed by atoms with van der Waals surface area (Å²) in [5.74, 6) is 0.821. The van der Waals surface area contributed by atoms with Gasteiger partial charge >= 0.3 is 0 Å². The lowest BCUT2D eigenvalue weighted by Gasteiger charge is -2.17. The molecule has 0 saturated heterocycles. The number of methoxy groups -OCH3 is 1. The molecular weight excluding hydrogens is 270 g/mol. The van der Waals surface area contributed by atoms with E-state index < -0.39 is 0 Å². The third-order valence-electron chi connectivity index (χ3n) is 3.42. The number of hydrogen-bond acceptors (Lipinski definition) is 2. The molecule has 0 fully saturated rings. The fourth-order valence-corrected chi connectivity index (χ4v) is 2.45. The number of hydrogen-bond donors (Lipinski definition) is 1. The molecule has 0 saturated carbocycles. The zero-order valence-electron chi connectivity index (χ0n) is 12.1. The van der Waals surface area contributed by atoms with Crippen LogP contribution in [0.15, 0.2) is 42.5 Å². The minimum absolute atomic E-state index is 0.260. The second kappa shape index (κ2) is 6.78. The molecule has 2 rings (SSSR count). The highest BCUT2D eigenvalue weighted by molar-refractivity contribution is 6.31. The molecule has 106 valence electrons. The zero-order chi connectivity index (χ0) is 14.5. The summed E-state index contributed by atoms with van der Waals surface area (Å²) in [5, 5.41) is 4.22. The molecule has 0 unspecified atom stereocenters. The van der Waals surface area contributed by atoms with E-state index in [9.17, 15) is 0 Å². The number of nitrogens with one attached hydrogen (secondary N) is 1. The van der Waals surface area contributed by atoms with Crippen molar-refractivity contribution in [2.24, 2.45) is 0 Å². The van der Waals surface area contributed by atoms with Crippen LogP contribution < -0.4 is 10.1 Å². The Morgan fingerprint density at radius 3 is 2.65 bits per heavy atom. The minimum atomic E-state index is 0.260. The van der Waals surface area contributed by atoms with Crippen LogP contribution in [0.25, 0.3) is 0 Å². The Balaban J connectivity index is 2.09. The molecule has 3 heteroatoms. The average Bonchev–Trinajstić information content (AvgIpc) is 2.45. The van der Waals surface area contributed by atoms with Crippen molar-refractivity contribution in [2.45, 2.75) is 26.4 Å². The lowest BCUT2D eigenvalue weighted by molar-refractivity contribution is 0.406. The molecule has 0 amide bonds. The Morgan fingerprint density at radius 1 is 1.20 bits per heavy atom. The highest BCUT2D eigenvalue weighted by Gasteiger charge is 2.10. The van der Waals surface area contributed by atoms with E-state index in [1.807, 2.05) is 18.2 Å². The van der Waals surface area contributed by atoms with Crippen molar-refractivity contribution < 1.29 is 4.74 Å². The van der Waals surface area contributed by atoms with Crippen molar-refractivity contribution in [3.8, 4) is 5.75 Å². The maximum absolute atomic E-state index is 6.24. The van der Waals surface area contributed by atoms with Gasteiger partial charge in [-0.1, -0.05) is 47.5 Å².